The summed E-state index contributed by atoms with van der Waals surface area (Å²) in [4.78, 5) is 13.4. The highest BCUT2D eigenvalue weighted by Crippen LogP contribution is 2.14. The summed E-state index contributed by atoms with van der Waals surface area (Å²) in [5.41, 5.74) is 1.09. The van der Waals surface area contributed by atoms with Crippen LogP contribution in [0.15, 0.2) is 24.3 Å². The van der Waals surface area contributed by atoms with Gasteiger partial charge in [-0.3, -0.25) is 4.79 Å². The van der Waals surface area contributed by atoms with Gasteiger partial charge in [-0.15, -0.1) is 0 Å². The Morgan fingerprint density at radius 1 is 1.41 bits per heavy atom. The van der Waals surface area contributed by atoms with Crippen LogP contribution in [0.5, 0.6) is 0 Å². The predicted molar refractivity (Wildman–Crippen MR) is 69.0 cm³/mol. The lowest BCUT2D eigenvalue weighted by atomic mass is 10.00. The van der Waals surface area contributed by atoms with Gasteiger partial charge in [-0.25, -0.2) is 0 Å². The van der Waals surface area contributed by atoms with Crippen LogP contribution in [0.1, 0.15) is 12.5 Å². The molecule has 1 amide bonds. The Kier molecular flexibility index (Phi) is 5.45. The average molecular weight is 256 g/mol. The van der Waals surface area contributed by atoms with Gasteiger partial charge in [-0.1, -0.05) is 30.7 Å². The van der Waals surface area contributed by atoms with Gasteiger partial charge in [0, 0.05) is 24.5 Å². The first kappa shape index (κ1) is 14.0. The fourth-order valence-corrected chi connectivity index (χ4v) is 1.82. The molecule has 1 N–H and O–H groups in total. The monoisotopic (exact) mass is 255 g/mol. The Bertz CT molecular complexity index is 364. The van der Waals surface area contributed by atoms with Crippen molar-refractivity contribution < 1.29 is 9.90 Å². The number of halogens is 1. The van der Waals surface area contributed by atoms with E-state index in [-0.39, 0.29) is 18.4 Å². The standard InChI is InChI=1S/C13H18ClNO2/c1-10(13(17)15(2)7-8-16)9-11-3-5-12(14)6-4-11/h3-6,10,16H,7-9H2,1-2H3. The number of likely N-dealkylation sites (N-methyl/N-ethyl adjacent to an activating group) is 1. The minimum absolute atomic E-state index is 0.00406. The van der Waals surface area contributed by atoms with Crippen LogP contribution < -0.4 is 0 Å². The zero-order valence-corrected chi connectivity index (χ0v) is 10.9. The van der Waals surface area contributed by atoms with Crippen LogP contribution in [-0.4, -0.2) is 36.1 Å². The Balaban J connectivity index is 2.56. The maximum absolute atomic E-state index is 11.9. The lowest BCUT2D eigenvalue weighted by Gasteiger charge is -2.20. The van der Waals surface area contributed by atoms with Crippen molar-refractivity contribution in [2.45, 2.75) is 13.3 Å². The van der Waals surface area contributed by atoms with Crippen LogP contribution in [0, 0.1) is 5.92 Å². The largest absolute Gasteiger partial charge is 0.395 e. The van der Waals surface area contributed by atoms with Crippen LogP contribution in [0.3, 0.4) is 0 Å². The van der Waals surface area contributed by atoms with Crippen molar-refractivity contribution in [3.05, 3.63) is 34.9 Å². The predicted octanol–water partition coefficient (Wildman–Crippen LogP) is 1.97. The molecule has 0 saturated carbocycles. The minimum atomic E-state index is -0.0901. The number of rotatable bonds is 5. The fourth-order valence-electron chi connectivity index (χ4n) is 1.70. The van der Waals surface area contributed by atoms with Crippen molar-refractivity contribution in [2.24, 2.45) is 5.92 Å². The highest BCUT2D eigenvalue weighted by atomic mass is 35.5. The van der Waals surface area contributed by atoms with E-state index in [0.717, 1.165) is 5.56 Å². The van der Waals surface area contributed by atoms with Crippen LogP contribution in [0.25, 0.3) is 0 Å². The van der Waals surface area contributed by atoms with Gasteiger partial charge in [-0.05, 0) is 24.1 Å². The van der Waals surface area contributed by atoms with Gasteiger partial charge >= 0.3 is 0 Å². The molecular formula is C13H18ClNO2. The maximum atomic E-state index is 11.9. The van der Waals surface area contributed by atoms with Crippen molar-refractivity contribution in [1.82, 2.24) is 4.90 Å². The molecule has 3 nitrogen and oxygen atoms in total. The van der Waals surface area contributed by atoms with E-state index in [1.54, 1.807) is 11.9 Å². The van der Waals surface area contributed by atoms with Gasteiger partial charge < -0.3 is 10.0 Å². The van der Waals surface area contributed by atoms with E-state index in [2.05, 4.69) is 0 Å². The minimum Gasteiger partial charge on any atom is -0.395 e. The Hall–Kier alpha value is -1.06. The molecule has 0 radical (unpaired) electrons. The Morgan fingerprint density at radius 3 is 2.53 bits per heavy atom. The number of aliphatic hydroxyl groups is 1. The van der Waals surface area contributed by atoms with Gasteiger partial charge in [0.2, 0.25) is 5.91 Å². The molecule has 1 rings (SSSR count). The van der Waals surface area contributed by atoms with Gasteiger partial charge in [0.25, 0.3) is 0 Å². The zero-order chi connectivity index (χ0) is 12.8. The summed E-state index contributed by atoms with van der Waals surface area (Å²) in [6.45, 7) is 2.27. The molecule has 4 heteroatoms. The molecule has 17 heavy (non-hydrogen) atoms. The van der Waals surface area contributed by atoms with Gasteiger partial charge in [0.1, 0.15) is 0 Å². The SMILES string of the molecule is CC(Cc1ccc(Cl)cc1)C(=O)N(C)CCO. The van der Waals surface area contributed by atoms with E-state index in [1.807, 2.05) is 31.2 Å². The van der Waals surface area contributed by atoms with Crippen molar-refractivity contribution in [2.75, 3.05) is 20.2 Å². The quantitative estimate of drug-likeness (QED) is 0.874. The van der Waals surface area contributed by atoms with E-state index in [0.29, 0.717) is 18.0 Å². The van der Waals surface area contributed by atoms with Crippen LogP contribution in [0.2, 0.25) is 5.02 Å². The average Bonchev–Trinajstić information content (AvgIpc) is 2.31. The lowest BCUT2D eigenvalue weighted by molar-refractivity contribution is -0.134. The lowest BCUT2D eigenvalue weighted by Crippen LogP contribution is -2.34. The number of aliphatic hydroxyl groups excluding tert-OH is 1. The van der Waals surface area contributed by atoms with E-state index >= 15 is 0 Å². The molecule has 0 heterocycles. The number of benzene rings is 1. The summed E-state index contributed by atoms with van der Waals surface area (Å²) >= 11 is 5.80. The molecule has 0 saturated heterocycles. The van der Waals surface area contributed by atoms with E-state index in [1.165, 1.54) is 0 Å². The number of nitrogens with zero attached hydrogens (tertiary/aromatic N) is 1. The molecule has 1 unspecified atom stereocenters. The second kappa shape index (κ2) is 6.62. The first-order valence-corrected chi connectivity index (χ1v) is 6.02. The van der Waals surface area contributed by atoms with Crippen LogP contribution in [-0.2, 0) is 11.2 Å². The Labute approximate surface area is 107 Å². The summed E-state index contributed by atoms with van der Waals surface area (Å²) in [5, 5.41) is 9.48. The molecule has 0 spiro atoms. The molecule has 0 aliphatic heterocycles. The highest BCUT2D eigenvalue weighted by molar-refractivity contribution is 6.30. The molecule has 94 valence electrons. The van der Waals surface area contributed by atoms with Crippen molar-refractivity contribution in [1.29, 1.82) is 0 Å². The maximum Gasteiger partial charge on any atom is 0.225 e. The topological polar surface area (TPSA) is 40.5 Å². The third-order valence-electron chi connectivity index (χ3n) is 2.69. The highest BCUT2D eigenvalue weighted by Gasteiger charge is 2.17. The summed E-state index contributed by atoms with van der Waals surface area (Å²) in [7, 11) is 1.71. The number of amides is 1. The number of carbonyl (C=O) groups is 1. The molecule has 0 aliphatic rings. The molecule has 0 aliphatic carbocycles. The molecule has 1 atom stereocenters. The molecule has 0 aromatic heterocycles. The summed E-state index contributed by atoms with van der Waals surface area (Å²) in [5.74, 6) is -0.0401. The summed E-state index contributed by atoms with van der Waals surface area (Å²) in [6.07, 6.45) is 0.686. The van der Waals surface area contributed by atoms with Crippen LogP contribution >= 0.6 is 11.6 Å². The van der Waals surface area contributed by atoms with Crippen molar-refractivity contribution in [3.8, 4) is 0 Å². The summed E-state index contributed by atoms with van der Waals surface area (Å²) in [6, 6.07) is 7.51. The van der Waals surface area contributed by atoms with Crippen molar-refractivity contribution in [3.63, 3.8) is 0 Å². The van der Waals surface area contributed by atoms with E-state index < -0.39 is 0 Å². The van der Waals surface area contributed by atoms with Crippen LogP contribution in [0.4, 0.5) is 0 Å². The van der Waals surface area contributed by atoms with E-state index in [4.69, 9.17) is 16.7 Å². The first-order valence-electron chi connectivity index (χ1n) is 5.65. The molecular weight excluding hydrogens is 238 g/mol. The molecule has 1 aromatic carbocycles. The van der Waals surface area contributed by atoms with Gasteiger partial charge in [0.05, 0.1) is 6.61 Å². The summed E-state index contributed by atoms with van der Waals surface area (Å²) < 4.78 is 0. The molecule has 1 aromatic rings. The molecule has 0 bridgehead atoms. The van der Waals surface area contributed by atoms with E-state index in [9.17, 15) is 4.79 Å². The number of carbonyl (C=O) groups excluding carboxylic acids is 1. The molecule has 0 fully saturated rings. The Morgan fingerprint density at radius 2 is 2.00 bits per heavy atom. The second-order valence-corrected chi connectivity index (χ2v) is 4.65. The first-order chi connectivity index (χ1) is 8.04. The van der Waals surface area contributed by atoms with Crippen molar-refractivity contribution >= 4 is 17.5 Å². The third kappa shape index (κ3) is 4.36. The zero-order valence-electron chi connectivity index (χ0n) is 10.2. The fraction of sp³-hybridized carbons (Fsp3) is 0.462. The number of hydrogen-bond donors (Lipinski definition) is 1. The third-order valence-corrected chi connectivity index (χ3v) is 2.94. The van der Waals surface area contributed by atoms with Gasteiger partial charge in [0.15, 0.2) is 0 Å². The smallest absolute Gasteiger partial charge is 0.225 e. The normalized spacial score (nSPS) is 12.2. The van der Waals surface area contributed by atoms with Gasteiger partial charge in [-0.2, -0.15) is 0 Å². The number of hydrogen-bond acceptors (Lipinski definition) is 2. The second-order valence-electron chi connectivity index (χ2n) is 4.22.